The fourth-order valence-corrected chi connectivity index (χ4v) is 1.42. The maximum absolute atomic E-state index is 7.57. The van der Waals surface area contributed by atoms with Crippen LogP contribution in [-0.4, -0.2) is 11.7 Å². The molecule has 0 aromatic heterocycles. The highest BCUT2D eigenvalue weighted by Crippen LogP contribution is 2.26. The van der Waals surface area contributed by atoms with E-state index in [9.17, 15) is 0 Å². The van der Waals surface area contributed by atoms with Gasteiger partial charge in [-0.25, -0.2) is 0 Å². The van der Waals surface area contributed by atoms with Gasteiger partial charge >= 0.3 is 0 Å². The van der Waals surface area contributed by atoms with Crippen molar-refractivity contribution in [3.63, 3.8) is 0 Å². The summed E-state index contributed by atoms with van der Waals surface area (Å²) in [5.41, 5.74) is 0. The van der Waals surface area contributed by atoms with Crippen LogP contribution in [0, 0.1) is 5.92 Å². The van der Waals surface area contributed by atoms with Gasteiger partial charge in [0.1, 0.15) is 0 Å². The van der Waals surface area contributed by atoms with Crippen LogP contribution in [0.4, 0.5) is 0 Å². The predicted molar refractivity (Wildman–Crippen MR) is 45.0 cm³/mol. The average molecular weight is 144 g/mol. The quantitative estimate of drug-likeness (QED) is 0.599. The summed E-state index contributed by atoms with van der Waals surface area (Å²) in [4.78, 5) is 0. The van der Waals surface area contributed by atoms with Crippen molar-refractivity contribution >= 4 is 0 Å². The van der Waals surface area contributed by atoms with E-state index in [1.807, 2.05) is 0 Å². The second-order valence-electron chi connectivity index (χ2n) is 2.87. The van der Waals surface area contributed by atoms with Gasteiger partial charge < -0.3 is 5.11 Å². The highest BCUT2D eigenvalue weighted by atomic mass is 16.2. The van der Waals surface area contributed by atoms with Crippen molar-refractivity contribution in [1.82, 2.24) is 0 Å². The molecule has 0 radical (unpaired) electrons. The van der Waals surface area contributed by atoms with Gasteiger partial charge in [0.25, 0.3) is 0 Å². The number of rotatable bonds is 1. The second kappa shape index (κ2) is 7.07. The molecule has 0 heterocycles. The van der Waals surface area contributed by atoms with Gasteiger partial charge in [-0.05, 0) is 12.8 Å². The van der Waals surface area contributed by atoms with Crippen molar-refractivity contribution in [1.29, 1.82) is 0 Å². The van der Waals surface area contributed by atoms with Crippen LogP contribution in [0.15, 0.2) is 0 Å². The van der Waals surface area contributed by atoms with Crippen molar-refractivity contribution in [3.05, 3.63) is 0 Å². The average Bonchev–Trinajstić information content (AvgIpc) is 2.39. The zero-order valence-corrected chi connectivity index (χ0v) is 7.27. The summed E-state index contributed by atoms with van der Waals surface area (Å²) in [7, 11) is 0. The maximum Gasteiger partial charge on any atom is 0.0402 e. The Bertz CT molecular complexity index is 55.7. The normalized spacial score (nSPS) is 18.3. The molecule has 62 valence electrons. The summed E-state index contributed by atoms with van der Waals surface area (Å²) in [6.07, 6.45) is 7.43. The van der Waals surface area contributed by atoms with Gasteiger partial charge in [-0.1, -0.05) is 39.0 Å². The summed E-state index contributed by atoms with van der Waals surface area (Å²) in [6, 6.07) is 0. The minimum absolute atomic E-state index is 0.250. The molecule has 1 N–H and O–H groups in total. The lowest BCUT2D eigenvalue weighted by Gasteiger charge is -1.99. The Morgan fingerprint density at radius 3 is 1.80 bits per heavy atom. The number of aliphatic hydroxyl groups is 1. The highest BCUT2D eigenvalue weighted by Gasteiger charge is 2.11. The van der Waals surface area contributed by atoms with E-state index in [-0.39, 0.29) is 6.61 Å². The molecule has 0 aliphatic heterocycles. The van der Waals surface area contributed by atoms with E-state index in [1.165, 1.54) is 32.1 Å². The van der Waals surface area contributed by atoms with Crippen LogP contribution in [0.5, 0.6) is 0 Å². The molecule has 0 atom stereocenters. The molecule has 0 aromatic carbocycles. The Morgan fingerprint density at radius 1 is 1.20 bits per heavy atom. The highest BCUT2D eigenvalue weighted by molar-refractivity contribution is 4.64. The van der Waals surface area contributed by atoms with Crippen LogP contribution in [0.1, 0.15) is 46.0 Å². The largest absolute Gasteiger partial charge is 0.397 e. The molecule has 1 nitrogen and oxygen atoms in total. The molecule has 0 unspecified atom stereocenters. The van der Waals surface area contributed by atoms with E-state index in [4.69, 9.17) is 5.11 Å². The van der Waals surface area contributed by atoms with Gasteiger partial charge in [0.2, 0.25) is 0 Å². The van der Waals surface area contributed by atoms with Crippen molar-refractivity contribution in [3.8, 4) is 0 Å². The minimum atomic E-state index is 0.250. The summed E-state index contributed by atoms with van der Waals surface area (Å²) >= 11 is 0. The zero-order chi connectivity index (χ0) is 7.82. The van der Waals surface area contributed by atoms with Crippen LogP contribution < -0.4 is 0 Å². The third-order valence-electron chi connectivity index (χ3n) is 2.05. The molecular formula is C9H20O. The third kappa shape index (κ3) is 4.80. The van der Waals surface area contributed by atoms with Gasteiger partial charge in [-0.15, -0.1) is 0 Å². The van der Waals surface area contributed by atoms with Crippen molar-refractivity contribution in [2.24, 2.45) is 5.92 Å². The molecule has 1 saturated carbocycles. The zero-order valence-electron chi connectivity index (χ0n) is 7.27. The first kappa shape index (κ1) is 9.96. The molecule has 0 bridgehead atoms. The summed E-state index contributed by atoms with van der Waals surface area (Å²) < 4.78 is 0. The number of hydrogen-bond donors (Lipinski definition) is 1. The Hall–Kier alpha value is -0.0400. The number of hydrogen-bond acceptors (Lipinski definition) is 1. The summed E-state index contributed by atoms with van der Waals surface area (Å²) in [5.74, 6) is 1.10. The standard InChI is InChI=1S/C7H14.C2H6O/c1-2-7-5-3-4-6-7;1-2-3/h7H,2-6H2,1H3;3H,2H2,1H3. The molecule has 0 amide bonds. The van der Waals surface area contributed by atoms with E-state index < -0.39 is 0 Å². The smallest absolute Gasteiger partial charge is 0.0402 e. The van der Waals surface area contributed by atoms with Crippen LogP contribution in [-0.2, 0) is 0 Å². The first-order chi connectivity index (χ1) is 4.85. The summed E-state index contributed by atoms with van der Waals surface area (Å²) in [5, 5.41) is 7.57. The van der Waals surface area contributed by atoms with Crippen LogP contribution in [0.3, 0.4) is 0 Å². The minimum Gasteiger partial charge on any atom is -0.397 e. The van der Waals surface area contributed by atoms with Crippen molar-refractivity contribution in [2.45, 2.75) is 46.0 Å². The van der Waals surface area contributed by atoms with Crippen molar-refractivity contribution < 1.29 is 5.11 Å². The third-order valence-corrected chi connectivity index (χ3v) is 2.05. The van der Waals surface area contributed by atoms with E-state index in [2.05, 4.69) is 6.92 Å². The lowest BCUT2D eigenvalue weighted by atomic mass is 10.1. The van der Waals surface area contributed by atoms with E-state index >= 15 is 0 Å². The SMILES string of the molecule is CCC1CCCC1.CCO. The van der Waals surface area contributed by atoms with E-state index in [0.29, 0.717) is 0 Å². The lowest BCUT2D eigenvalue weighted by molar-refractivity contribution is 0.318. The summed E-state index contributed by atoms with van der Waals surface area (Å²) in [6.45, 7) is 4.23. The van der Waals surface area contributed by atoms with Gasteiger partial charge in [-0.3, -0.25) is 0 Å². The molecule has 1 fully saturated rings. The Kier molecular flexibility index (Phi) is 7.04. The van der Waals surface area contributed by atoms with Gasteiger partial charge in [-0.2, -0.15) is 0 Å². The Morgan fingerprint density at radius 2 is 1.60 bits per heavy atom. The molecule has 10 heavy (non-hydrogen) atoms. The first-order valence-corrected chi connectivity index (χ1v) is 4.46. The topological polar surface area (TPSA) is 20.2 Å². The monoisotopic (exact) mass is 144 g/mol. The van der Waals surface area contributed by atoms with Crippen LogP contribution in [0.25, 0.3) is 0 Å². The Labute approximate surface area is 64.5 Å². The molecule has 0 saturated heterocycles. The van der Waals surface area contributed by atoms with E-state index in [0.717, 1.165) is 5.92 Å². The van der Waals surface area contributed by atoms with Gasteiger partial charge in [0.15, 0.2) is 0 Å². The molecule has 1 rings (SSSR count). The fourth-order valence-electron chi connectivity index (χ4n) is 1.42. The lowest BCUT2D eigenvalue weighted by Crippen LogP contribution is -1.86. The number of aliphatic hydroxyl groups excluding tert-OH is 1. The molecule has 0 aromatic rings. The van der Waals surface area contributed by atoms with E-state index in [1.54, 1.807) is 6.92 Å². The molecule has 1 heteroatoms. The second-order valence-corrected chi connectivity index (χ2v) is 2.87. The van der Waals surface area contributed by atoms with Crippen molar-refractivity contribution in [2.75, 3.05) is 6.61 Å². The first-order valence-electron chi connectivity index (χ1n) is 4.46. The fraction of sp³-hybridized carbons (Fsp3) is 1.00. The van der Waals surface area contributed by atoms with Crippen LogP contribution in [0.2, 0.25) is 0 Å². The van der Waals surface area contributed by atoms with Crippen LogP contribution >= 0.6 is 0 Å². The maximum atomic E-state index is 7.57. The predicted octanol–water partition coefficient (Wildman–Crippen LogP) is 2.59. The van der Waals surface area contributed by atoms with Gasteiger partial charge in [0.05, 0.1) is 0 Å². The van der Waals surface area contributed by atoms with Gasteiger partial charge in [0, 0.05) is 6.61 Å². The molecule has 0 spiro atoms. The molecule has 1 aliphatic rings. The molecule has 1 aliphatic carbocycles. The molecular weight excluding hydrogens is 124 g/mol. The Balaban J connectivity index is 0.000000236.